The molecule has 2 aliphatic rings. The van der Waals surface area contributed by atoms with E-state index in [9.17, 15) is 4.79 Å². The molecule has 1 N–H and O–H groups in total. The number of amides is 1. The Morgan fingerprint density at radius 1 is 1.45 bits per heavy atom. The van der Waals surface area contributed by atoms with Crippen molar-refractivity contribution in [2.75, 3.05) is 19.6 Å². The first-order valence-corrected chi connectivity index (χ1v) is 7.56. The van der Waals surface area contributed by atoms with Gasteiger partial charge in [-0.2, -0.15) is 0 Å². The first-order chi connectivity index (χ1) is 9.83. The van der Waals surface area contributed by atoms with Crippen LogP contribution in [0.3, 0.4) is 0 Å². The van der Waals surface area contributed by atoms with E-state index in [-0.39, 0.29) is 5.91 Å². The maximum absolute atomic E-state index is 12.4. The van der Waals surface area contributed by atoms with Crippen LogP contribution in [0.15, 0.2) is 28.9 Å². The van der Waals surface area contributed by atoms with Crippen LogP contribution in [-0.2, 0) is 4.79 Å². The van der Waals surface area contributed by atoms with E-state index in [1.165, 1.54) is 12.8 Å². The van der Waals surface area contributed by atoms with Gasteiger partial charge in [0, 0.05) is 18.7 Å². The fraction of sp³-hybridized carbons (Fsp3) is 0.562. The monoisotopic (exact) mass is 274 g/mol. The van der Waals surface area contributed by atoms with E-state index in [1.807, 2.05) is 12.1 Å². The molecule has 0 spiro atoms. The van der Waals surface area contributed by atoms with Crippen LogP contribution >= 0.6 is 0 Å². The van der Waals surface area contributed by atoms with E-state index in [2.05, 4.69) is 10.2 Å². The molecule has 0 aromatic carbocycles. The normalized spacial score (nSPS) is 23.1. The van der Waals surface area contributed by atoms with Crippen molar-refractivity contribution in [3.8, 4) is 0 Å². The number of carbonyl (C=O) groups excluding carboxylic acids is 1. The summed E-state index contributed by atoms with van der Waals surface area (Å²) in [6.45, 7) is 3.05. The minimum Gasteiger partial charge on any atom is -0.465 e. The van der Waals surface area contributed by atoms with Gasteiger partial charge in [-0.1, -0.05) is 0 Å². The lowest BCUT2D eigenvalue weighted by Gasteiger charge is -2.29. The SMILES string of the molecule is O=C(/C=C/c1ccco1)N(CC1CCCNC1)C1CC1. The lowest BCUT2D eigenvalue weighted by Crippen LogP contribution is -2.41. The Hall–Kier alpha value is -1.55. The van der Waals surface area contributed by atoms with Crippen molar-refractivity contribution in [2.45, 2.75) is 31.7 Å². The van der Waals surface area contributed by atoms with Gasteiger partial charge in [-0.05, 0) is 62.9 Å². The lowest BCUT2D eigenvalue weighted by molar-refractivity contribution is -0.127. The molecule has 2 heterocycles. The molecule has 20 heavy (non-hydrogen) atoms. The molecule has 0 bridgehead atoms. The summed E-state index contributed by atoms with van der Waals surface area (Å²) in [6, 6.07) is 4.15. The van der Waals surface area contributed by atoms with E-state index >= 15 is 0 Å². The molecule has 3 rings (SSSR count). The van der Waals surface area contributed by atoms with Crippen molar-refractivity contribution in [3.05, 3.63) is 30.2 Å². The van der Waals surface area contributed by atoms with Crippen LogP contribution in [0.2, 0.25) is 0 Å². The van der Waals surface area contributed by atoms with Crippen LogP contribution < -0.4 is 5.32 Å². The molecule has 108 valence electrons. The highest BCUT2D eigenvalue weighted by molar-refractivity contribution is 5.91. The molecular formula is C16H22N2O2. The summed E-state index contributed by atoms with van der Waals surface area (Å²) in [4.78, 5) is 14.4. The quantitative estimate of drug-likeness (QED) is 0.838. The molecule has 1 saturated heterocycles. The molecule has 4 heteroatoms. The number of nitrogens with one attached hydrogen (secondary N) is 1. The molecule has 1 aromatic heterocycles. The molecule has 1 atom stereocenters. The Bertz CT molecular complexity index is 457. The van der Waals surface area contributed by atoms with Gasteiger partial charge in [0.1, 0.15) is 5.76 Å². The van der Waals surface area contributed by atoms with Crippen molar-refractivity contribution >= 4 is 12.0 Å². The summed E-state index contributed by atoms with van der Waals surface area (Å²) in [6.07, 6.45) is 9.78. The Morgan fingerprint density at radius 2 is 2.35 bits per heavy atom. The summed E-state index contributed by atoms with van der Waals surface area (Å²) in [5.74, 6) is 1.45. The van der Waals surface area contributed by atoms with Crippen LogP contribution in [0.25, 0.3) is 6.08 Å². The van der Waals surface area contributed by atoms with Gasteiger partial charge in [0.25, 0.3) is 0 Å². The number of piperidine rings is 1. The van der Waals surface area contributed by atoms with E-state index in [1.54, 1.807) is 18.4 Å². The minimum atomic E-state index is 0.120. The van der Waals surface area contributed by atoms with Gasteiger partial charge in [-0.3, -0.25) is 4.79 Å². The maximum Gasteiger partial charge on any atom is 0.246 e. The second kappa shape index (κ2) is 6.27. The second-order valence-electron chi connectivity index (χ2n) is 5.78. The molecular weight excluding hydrogens is 252 g/mol. The Balaban J connectivity index is 1.59. The third-order valence-corrected chi connectivity index (χ3v) is 4.06. The van der Waals surface area contributed by atoms with Gasteiger partial charge in [0.15, 0.2) is 0 Å². The van der Waals surface area contributed by atoms with Crippen molar-refractivity contribution in [2.24, 2.45) is 5.92 Å². The molecule has 1 saturated carbocycles. The largest absolute Gasteiger partial charge is 0.465 e. The predicted molar refractivity (Wildman–Crippen MR) is 78.1 cm³/mol. The number of hydrogen-bond donors (Lipinski definition) is 1. The predicted octanol–water partition coefficient (Wildman–Crippen LogP) is 2.28. The molecule has 1 aliphatic carbocycles. The zero-order chi connectivity index (χ0) is 13.8. The van der Waals surface area contributed by atoms with Crippen LogP contribution in [-0.4, -0.2) is 36.5 Å². The smallest absolute Gasteiger partial charge is 0.246 e. The standard InChI is InChI=1S/C16H22N2O2/c19-16(8-7-15-4-2-10-20-15)18(14-5-6-14)12-13-3-1-9-17-11-13/h2,4,7-8,10,13-14,17H,1,3,5-6,9,11-12H2/b8-7+. The van der Waals surface area contributed by atoms with Gasteiger partial charge in [-0.15, -0.1) is 0 Å². The van der Waals surface area contributed by atoms with Crippen molar-refractivity contribution in [1.82, 2.24) is 10.2 Å². The van der Waals surface area contributed by atoms with Crippen LogP contribution in [0.4, 0.5) is 0 Å². The summed E-state index contributed by atoms with van der Waals surface area (Å²) in [7, 11) is 0. The highest BCUT2D eigenvalue weighted by atomic mass is 16.3. The third-order valence-electron chi connectivity index (χ3n) is 4.06. The molecule has 0 radical (unpaired) electrons. The van der Waals surface area contributed by atoms with E-state index < -0.39 is 0 Å². The summed E-state index contributed by atoms with van der Waals surface area (Å²) in [5, 5.41) is 3.42. The number of carbonyl (C=O) groups is 1. The summed E-state index contributed by atoms with van der Waals surface area (Å²) in [5.41, 5.74) is 0. The number of nitrogens with zero attached hydrogens (tertiary/aromatic N) is 1. The molecule has 1 aliphatic heterocycles. The zero-order valence-corrected chi connectivity index (χ0v) is 11.8. The van der Waals surface area contributed by atoms with Crippen LogP contribution in [0, 0.1) is 5.92 Å². The Labute approximate surface area is 119 Å². The fourth-order valence-corrected chi connectivity index (χ4v) is 2.80. The number of rotatable bonds is 5. The summed E-state index contributed by atoms with van der Waals surface area (Å²) < 4.78 is 5.22. The van der Waals surface area contributed by atoms with E-state index in [0.29, 0.717) is 12.0 Å². The number of hydrogen-bond acceptors (Lipinski definition) is 3. The van der Waals surface area contributed by atoms with Crippen molar-refractivity contribution in [1.29, 1.82) is 0 Å². The molecule has 2 fully saturated rings. The van der Waals surface area contributed by atoms with Crippen LogP contribution in [0.1, 0.15) is 31.4 Å². The fourth-order valence-electron chi connectivity index (χ4n) is 2.80. The first-order valence-electron chi connectivity index (χ1n) is 7.56. The van der Waals surface area contributed by atoms with Gasteiger partial charge in [-0.25, -0.2) is 0 Å². The average molecular weight is 274 g/mol. The minimum absolute atomic E-state index is 0.120. The van der Waals surface area contributed by atoms with Gasteiger partial charge >= 0.3 is 0 Å². The Kier molecular flexibility index (Phi) is 4.21. The van der Waals surface area contributed by atoms with Crippen LogP contribution in [0.5, 0.6) is 0 Å². The molecule has 1 amide bonds. The highest BCUT2D eigenvalue weighted by Crippen LogP contribution is 2.29. The third kappa shape index (κ3) is 3.51. The first kappa shape index (κ1) is 13.4. The summed E-state index contributed by atoms with van der Waals surface area (Å²) >= 11 is 0. The lowest BCUT2D eigenvalue weighted by atomic mass is 9.99. The van der Waals surface area contributed by atoms with E-state index in [0.717, 1.165) is 38.2 Å². The molecule has 1 aromatic rings. The Morgan fingerprint density at radius 3 is 3.00 bits per heavy atom. The molecule has 4 nitrogen and oxygen atoms in total. The zero-order valence-electron chi connectivity index (χ0n) is 11.8. The van der Waals surface area contributed by atoms with Crippen molar-refractivity contribution in [3.63, 3.8) is 0 Å². The van der Waals surface area contributed by atoms with Gasteiger partial charge in [0.05, 0.1) is 6.26 Å². The van der Waals surface area contributed by atoms with Crippen molar-refractivity contribution < 1.29 is 9.21 Å². The average Bonchev–Trinajstić information content (AvgIpc) is 3.19. The number of furan rings is 1. The molecule has 1 unspecified atom stereocenters. The van der Waals surface area contributed by atoms with Gasteiger partial charge in [0.2, 0.25) is 5.91 Å². The highest BCUT2D eigenvalue weighted by Gasteiger charge is 2.33. The maximum atomic E-state index is 12.4. The topological polar surface area (TPSA) is 45.5 Å². The van der Waals surface area contributed by atoms with Gasteiger partial charge < -0.3 is 14.6 Å². The van der Waals surface area contributed by atoms with E-state index in [4.69, 9.17) is 4.42 Å². The second-order valence-corrected chi connectivity index (χ2v) is 5.78.